The van der Waals surface area contributed by atoms with E-state index in [9.17, 15) is 19.5 Å². The van der Waals surface area contributed by atoms with Gasteiger partial charge in [0.15, 0.2) is 17.0 Å². The summed E-state index contributed by atoms with van der Waals surface area (Å²) in [7, 11) is 1.87. The Hall–Kier alpha value is -4.55. The molecule has 0 saturated carbocycles. The van der Waals surface area contributed by atoms with Crippen LogP contribution in [0, 0.1) is 0 Å². The molecule has 0 fully saturated rings. The Morgan fingerprint density at radius 1 is 1.09 bits per heavy atom. The molecule has 1 unspecified atom stereocenters. The van der Waals surface area contributed by atoms with Gasteiger partial charge in [-0.2, -0.15) is 9.97 Å². The Morgan fingerprint density at radius 3 is 2.44 bits per heavy atom. The van der Waals surface area contributed by atoms with Crippen LogP contribution in [0.4, 0.5) is 17.5 Å². The summed E-state index contributed by atoms with van der Waals surface area (Å²) >= 11 is 0. The number of fused-ring (bicyclic) bond motifs is 1. The summed E-state index contributed by atoms with van der Waals surface area (Å²) in [5.41, 5.74) is 13.9. The fourth-order valence-electron chi connectivity index (χ4n) is 3.15. The molecular weight excluding hydrogens is 444 g/mol. The predicted molar refractivity (Wildman–Crippen MR) is 123 cm³/mol. The number of carbonyl (C=O) groups excluding carboxylic acids is 1. The Labute approximate surface area is 193 Å². The van der Waals surface area contributed by atoms with Crippen molar-refractivity contribution in [1.29, 1.82) is 0 Å². The lowest BCUT2D eigenvalue weighted by atomic mass is 10.1. The van der Waals surface area contributed by atoms with Gasteiger partial charge in [-0.1, -0.05) is 0 Å². The number of aliphatic carboxylic acids is 2. The van der Waals surface area contributed by atoms with Crippen molar-refractivity contribution in [2.75, 3.05) is 30.0 Å². The van der Waals surface area contributed by atoms with Crippen LogP contribution in [0.3, 0.4) is 0 Å². The van der Waals surface area contributed by atoms with E-state index < -0.39 is 23.9 Å². The molecule has 1 aromatic carbocycles. The summed E-state index contributed by atoms with van der Waals surface area (Å²) in [6.45, 7) is 0.581. The number of amides is 1. The summed E-state index contributed by atoms with van der Waals surface area (Å²) in [5, 5.41) is 20.3. The number of nitrogens with two attached hydrogens (primary N) is 2. The number of benzene rings is 1. The Kier molecular flexibility index (Phi) is 7.36. The number of anilines is 3. The summed E-state index contributed by atoms with van der Waals surface area (Å²) in [5.74, 6) is -2.84. The first-order chi connectivity index (χ1) is 16.1. The molecule has 7 N–H and O–H groups in total. The number of carbonyl (C=O) groups is 3. The normalized spacial score (nSPS) is 11.7. The Morgan fingerprint density at radius 2 is 1.79 bits per heavy atom. The second kappa shape index (κ2) is 10.4. The summed E-state index contributed by atoms with van der Waals surface area (Å²) in [4.78, 5) is 52.9. The van der Waals surface area contributed by atoms with Crippen LogP contribution in [-0.2, 0) is 16.0 Å². The van der Waals surface area contributed by atoms with Gasteiger partial charge in [-0.3, -0.25) is 9.59 Å². The third kappa shape index (κ3) is 6.03. The van der Waals surface area contributed by atoms with Crippen LogP contribution in [-0.4, -0.2) is 67.6 Å². The minimum Gasteiger partial charge on any atom is -0.481 e. The lowest BCUT2D eigenvalue weighted by Crippen LogP contribution is -2.41. The van der Waals surface area contributed by atoms with Gasteiger partial charge in [0.25, 0.3) is 5.91 Å². The van der Waals surface area contributed by atoms with Crippen molar-refractivity contribution in [1.82, 2.24) is 25.3 Å². The van der Waals surface area contributed by atoms with Gasteiger partial charge in [0, 0.05) is 37.7 Å². The molecule has 3 rings (SSSR count). The van der Waals surface area contributed by atoms with Crippen molar-refractivity contribution < 1.29 is 24.6 Å². The van der Waals surface area contributed by atoms with Gasteiger partial charge in [0.05, 0.1) is 11.9 Å². The van der Waals surface area contributed by atoms with Gasteiger partial charge in [-0.05, 0) is 30.7 Å². The van der Waals surface area contributed by atoms with Crippen LogP contribution < -0.4 is 21.7 Å². The third-order valence-electron chi connectivity index (χ3n) is 5.03. The maximum Gasteiger partial charge on any atom is 0.326 e. The first-order valence-electron chi connectivity index (χ1n) is 10.3. The molecule has 0 radical (unpaired) electrons. The fourth-order valence-corrected chi connectivity index (χ4v) is 3.15. The number of nitrogens with one attached hydrogen (secondary N) is 1. The lowest BCUT2D eigenvalue weighted by molar-refractivity contribution is -0.140. The zero-order chi connectivity index (χ0) is 24.8. The van der Waals surface area contributed by atoms with Crippen LogP contribution in [0.5, 0.6) is 0 Å². The minimum absolute atomic E-state index is 0.0302. The second-order valence-corrected chi connectivity index (χ2v) is 7.52. The molecule has 0 aliphatic carbocycles. The molecule has 0 saturated heterocycles. The topological polar surface area (TPSA) is 211 Å². The number of hydrogen-bond donors (Lipinski definition) is 5. The minimum atomic E-state index is -1.29. The molecule has 2 heterocycles. The van der Waals surface area contributed by atoms with E-state index in [1.807, 2.05) is 11.9 Å². The molecule has 0 aliphatic rings. The third-order valence-corrected chi connectivity index (χ3v) is 5.03. The molecule has 0 spiro atoms. The molecule has 13 heteroatoms. The maximum atomic E-state index is 12.4. The van der Waals surface area contributed by atoms with E-state index >= 15 is 0 Å². The molecule has 178 valence electrons. The summed E-state index contributed by atoms with van der Waals surface area (Å²) < 4.78 is 0. The van der Waals surface area contributed by atoms with Gasteiger partial charge < -0.3 is 31.9 Å². The highest BCUT2D eigenvalue weighted by atomic mass is 16.4. The van der Waals surface area contributed by atoms with Crippen molar-refractivity contribution in [3.63, 3.8) is 0 Å². The van der Waals surface area contributed by atoms with E-state index in [-0.39, 0.29) is 30.2 Å². The highest BCUT2D eigenvalue weighted by molar-refractivity contribution is 5.97. The second-order valence-electron chi connectivity index (χ2n) is 7.52. The molecule has 13 nitrogen and oxygen atoms in total. The average Bonchev–Trinajstić information content (AvgIpc) is 2.79. The van der Waals surface area contributed by atoms with Gasteiger partial charge in [0.2, 0.25) is 5.95 Å². The van der Waals surface area contributed by atoms with Crippen LogP contribution in [0.15, 0.2) is 30.5 Å². The van der Waals surface area contributed by atoms with E-state index in [2.05, 4.69) is 25.3 Å². The van der Waals surface area contributed by atoms with E-state index in [1.54, 1.807) is 30.5 Å². The largest absolute Gasteiger partial charge is 0.481 e. The van der Waals surface area contributed by atoms with Gasteiger partial charge in [-0.15, -0.1) is 0 Å². The molecule has 1 amide bonds. The number of rotatable bonds is 10. The number of aromatic nitrogens is 4. The first-order valence-corrected chi connectivity index (χ1v) is 10.3. The van der Waals surface area contributed by atoms with Crippen LogP contribution in [0.2, 0.25) is 0 Å². The van der Waals surface area contributed by atoms with E-state index in [4.69, 9.17) is 16.6 Å². The number of nitrogens with zero attached hydrogens (tertiary/aromatic N) is 5. The van der Waals surface area contributed by atoms with Crippen LogP contribution in [0.25, 0.3) is 11.2 Å². The molecule has 1 atom stereocenters. The Balaban J connectivity index is 1.60. The van der Waals surface area contributed by atoms with Crippen molar-refractivity contribution in [2.45, 2.75) is 25.3 Å². The molecule has 3 aromatic rings. The zero-order valence-electron chi connectivity index (χ0n) is 18.3. The zero-order valence-corrected chi connectivity index (χ0v) is 18.3. The molecule has 0 bridgehead atoms. The van der Waals surface area contributed by atoms with Crippen molar-refractivity contribution in [3.05, 3.63) is 41.7 Å². The van der Waals surface area contributed by atoms with Gasteiger partial charge in [-0.25, -0.2) is 14.8 Å². The summed E-state index contributed by atoms with van der Waals surface area (Å²) in [6, 6.07) is 5.29. The monoisotopic (exact) mass is 468 g/mol. The van der Waals surface area contributed by atoms with Crippen molar-refractivity contribution in [2.24, 2.45) is 0 Å². The average molecular weight is 468 g/mol. The quantitative estimate of drug-likeness (QED) is 0.272. The number of likely N-dealkylation sites (N-methyl/N-ethyl adjacent to an activating group) is 1. The van der Waals surface area contributed by atoms with Gasteiger partial charge in [0.1, 0.15) is 6.04 Å². The smallest absolute Gasteiger partial charge is 0.326 e. The van der Waals surface area contributed by atoms with Crippen molar-refractivity contribution in [3.8, 4) is 0 Å². The Bertz CT molecular complexity index is 1220. The predicted octanol–water partition coefficient (Wildman–Crippen LogP) is 0.311. The van der Waals surface area contributed by atoms with E-state index in [0.717, 1.165) is 5.69 Å². The number of carboxylic acid groups (broad SMARTS) is 2. The molecule has 2 aromatic heterocycles. The number of carboxylic acids is 2. The lowest BCUT2D eigenvalue weighted by Gasteiger charge is -2.19. The maximum absolute atomic E-state index is 12.4. The SMILES string of the molecule is CN(CCc1cnc2nc(N)nc(N)c2n1)c1ccc(C(=O)NC(CCC(=O)O)C(=O)O)cc1. The van der Waals surface area contributed by atoms with Crippen LogP contribution >= 0.6 is 0 Å². The highest BCUT2D eigenvalue weighted by Crippen LogP contribution is 2.17. The molecular formula is C21H24N8O5. The van der Waals surface area contributed by atoms with E-state index in [1.165, 1.54) is 0 Å². The number of hydrogen-bond acceptors (Lipinski definition) is 10. The number of nitrogen functional groups attached to an aromatic ring is 2. The molecule has 34 heavy (non-hydrogen) atoms. The van der Waals surface area contributed by atoms with Crippen LogP contribution in [0.1, 0.15) is 28.9 Å². The first kappa shape index (κ1) is 24.1. The molecule has 0 aliphatic heterocycles. The standard InChI is InChI=1S/C21H24N8O5/c1-29(9-8-12-10-24-18-16(25-12)17(22)27-21(23)28-18)13-4-2-11(3-5-13)19(32)26-14(20(33)34)6-7-15(30)31/h2-5,10,14H,6-9H2,1H3,(H,26,32)(H,30,31)(H,33,34)(H4,22,23,24,27,28). The fraction of sp³-hybridized carbons (Fsp3) is 0.286. The summed E-state index contributed by atoms with van der Waals surface area (Å²) in [6.07, 6.45) is 1.57. The van der Waals surface area contributed by atoms with Gasteiger partial charge >= 0.3 is 11.9 Å². The van der Waals surface area contributed by atoms with Crippen molar-refractivity contribution >= 4 is 46.5 Å². The highest BCUT2D eigenvalue weighted by Gasteiger charge is 2.21. The van der Waals surface area contributed by atoms with E-state index in [0.29, 0.717) is 29.8 Å².